The number of nitrogens with two attached hydrogens (primary N) is 1. The number of amides is 1. The van der Waals surface area contributed by atoms with Crippen molar-refractivity contribution >= 4 is 5.91 Å². The Morgan fingerprint density at radius 3 is 2.62 bits per heavy atom. The van der Waals surface area contributed by atoms with Gasteiger partial charge in [-0.3, -0.25) is 4.79 Å². The quantitative estimate of drug-likeness (QED) is 0.506. The largest absolute Gasteiger partial charge is 0.389 e. The van der Waals surface area contributed by atoms with Gasteiger partial charge in [-0.2, -0.15) is 0 Å². The molecule has 4 N–H and O–H groups in total. The van der Waals surface area contributed by atoms with Crippen LogP contribution in [0.25, 0.3) is 0 Å². The molecule has 1 fully saturated rings. The van der Waals surface area contributed by atoms with E-state index in [1.165, 1.54) is 19.3 Å². The maximum atomic E-state index is 11.1. The fourth-order valence-corrected chi connectivity index (χ4v) is 2.79. The van der Waals surface area contributed by atoms with Gasteiger partial charge in [0.15, 0.2) is 0 Å². The number of ether oxygens (including phenoxy) is 1. The first-order valence-electron chi connectivity index (χ1n) is 8.42. The van der Waals surface area contributed by atoms with Crippen LogP contribution in [0.2, 0.25) is 0 Å². The Labute approximate surface area is 128 Å². The summed E-state index contributed by atoms with van der Waals surface area (Å²) in [5.74, 6) is -0.135. The number of aliphatic hydroxyl groups excluding tert-OH is 1. The van der Waals surface area contributed by atoms with Gasteiger partial charge in [0.2, 0.25) is 5.91 Å². The third-order valence-corrected chi connectivity index (χ3v) is 4.22. The minimum atomic E-state index is -0.454. The van der Waals surface area contributed by atoms with E-state index >= 15 is 0 Å². The second kappa shape index (κ2) is 11.0. The normalized spacial score (nSPS) is 23.9. The fraction of sp³-hybridized carbons (Fsp3) is 0.938. The molecule has 1 aliphatic carbocycles. The number of carbonyl (C=O) groups excluding carboxylic acids is 1. The summed E-state index contributed by atoms with van der Waals surface area (Å²) in [5, 5.41) is 13.2. The van der Waals surface area contributed by atoms with Gasteiger partial charge in [-0.15, -0.1) is 0 Å². The Morgan fingerprint density at radius 2 is 2.00 bits per heavy atom. The predicted octanol–water partition coefficient (Wildman–Crippen LogP) is 1.58. The number of nitrogens with one attached hydrogen (secondary N) is 1. The Morgan fingerprint density at radius 1 is 1.29 bits per heavy atom. The minimum Gasteiger partial charge on any atom is -0.389 e. The van der Waals surface area contributed by atoms with Crippen molar-refractivity contribution in [3.63, 3.8) is 0 Å². The molecule has 0 spiro atoms. The highest BCUT2D eigenvalue weighted by atomic mass is 16.5. The average molecular weight is 300 g/mol. The first-order valence-corrected chi connectivity index (χ1v) is 8.42. The van der Waals surface area contributed by atoms with Gasteiger partial charge < -0.3 is 20.9 Å². The van der Waals surface area contributed by atoms with Crippen molar-refractivity contribution in [2.24, 2.45) is 11.7 Å². The molecule has 1 atom stereocenters. The molecule has 5 heteroatoms. The molecule has 0 aromatic rings. The van der Waals surface area contributed by atoms with Gasteiger partial charge in [-0.1, -0.05) is 26.2 Å². The lowest BCUT2D eigenvalue weighted by atomic mass is 9.85. The average Bonchev–Trinajstić information content (AvgIpc) is 2.49. The zero-order chi connectivity index (χ0) is 15.5. The Hall–Kier alpha value is -0.650. The zero-order valence-corrected chi connectivity index (χ0v) is 13.4. The van der Waals surface area contributed by atoms with Crippen molar-refractivity contribution in [3.05, 3.63) is 0 Å². The summed E-state index contributed by atoms with van der Waals surface area (Å²) in [6.07, 6.45) is 7.93. The van der Waals surface area contributed by atoms with E-state index in [4.69, 9.17) is 10.5 Å². The molecule has 5 nitrogen and oxygen atoms in total. The van der Waals surface area contributed by atoms with Gasteiger partial charge >= 0.3 is 0 Å². The van der Waals surface area contributed by atoms with Crippen LogP contribution < -0.4 is 11.1 Å². The molecule has 1 saturated carbocycles. The lowest BCUT2D eigenvalue weighted by Crippen LogP contribution is -2.41. The molecule has 1 unspecified atom stereocenters. The van der Waals surface area contributed by atoms with Crippen LogP contribution in [-0.4, -0.2) is 42.9 Å². The number of primary amides is 1. The van der Waals surface area contributed by atoms with Crippen molar-refractivity contribution in [2.45, 2.75) is 70.4 Å². The topological polar surface area (TPSA) is 84.6 Å². The third-order valence-electron chi connectivity index (χ3n) is 4.22. The van der Waals surface area contributed by atoms with E-state index in [-0.39, 0.29) is 11.8 Å². The van der Waals surface area contributed by atoms with E-state index in [9.17, 15) is 9.90 Å². The standard InChI is InChI=1S/C16H32N2O3/c1-2-3-4-5-10-21-12-15(19)11-18-14-8-6-13(7-9-14)16(17)20/h13-15,18-19H,2-12H2,1H3,(H2,17,20). The molecule has 1 rings (SSSR count). The highest BCUT2D eigenvalue weighted by Gasteiger charge is 2.24. The van der Waals surface area contributed by atoms with Crippen molar-refractivity contribution in [1.29, 1.82) is 0 Å². The molecule has 0 bridgehead atoms. The van der Waals surface area contributed by atoms with Crippen molar-refractivity contribution in [2.75, 3.05) is 19.8 Å². The summed E-state index contributed by atoms with van der Waals surface area (Å²) in [7, 11) is 0. The first kappa shape index (κ1) is 18.4. The molecule has 124 valence electrons. The van der Waals surface area contributed by atoms with Gasteiger partial charge in [0, 0.05) is 25.1 Å². The number of unbranched alkanes of at least 4 members (excludes halogenated alkanes) is 3. The first-order chi connectivity index (χ1) is 10.1. The maximum Gasteiger partial charge on any atom is 0.220 e. The van der Waals surface area contributed by atoms with Gasteiger partial charge in [-0.25, -0.2) is 0 Å². The molecule has 0 aromatic heterocycles. The minimum absolute atomic E-state index is 0.0411. The fourth-order valence-electron chi connectivity index (χ4n) is 2.79. The number of hydrogen-bond acceptors (Lipinski definition) is 4. The monoisotopic (exact) mass is 300 g/mol. The van der Waals surface area contributed by atoms with Crippen LogP contribution in [0.1, 0.15) is 58.3 Å². The molecule has 1 aliphatic rings. The van der Waals surface area contributed by atoms with Crippen molar-refractivity contribution in [1.82, 2.24) is 5.32 Å². The lowest BCUT2D eigenvalue weighted by molar-refractivity contribution is -0.122. The van der Waals surface area contributed by atoms with Crippen molar-refractivity contribution < 1.29 is 14.6 Å². The van der Waals surface area contributed by atoms with Gasteiger partial charge in [0.1, 0.15) is 0 Å². The molecule has 0 heterocycles. The number of hydrogen-bond donors (Lipinski definition) is 3. The highest BCUT2D eigenvalue weighted by molar-refractivity contribution is 5.76. The van der Waals surface area contributed by atoms with Crippen LogP contribution in [0.5, 0.6) is 0 Å². The maximum absolute atomic E-state index is 11.1. The molecular formula is C16H32N2O3. The number of carbonyl (C=O) groups is 1. The van der Waals surface area contributed by atoms with Crippen LogP contribution in [0, 0.1) is 5.92 Å². The van der Waals surface area contributed by atoms with Crippen molar-refractivity contribution in [3.8, 4) is 0 Å². The molecule has 0 radical (unpaired) electrons. The van der Waals surface area contributed by atoms with Crippen LogP contribution in [-0.2, 0) is 9.53 Å². The Balaban J connectivity index is 1.98. The summed E-state index contributed by atoms with van der Waals surface area (Å²) in [4.78, 5) is 11.1. The predicted molar refractivity (Wildman–Crippen MR) is 83.9 cm³/mol. The van der Waals surface area contributed by atoms with Crippen LogP contribution >= 0.6 is 0 Å². The summed E-state index contributed by atoms with van der Waals surface area (Å²) in [6, 6.07) is 0.389. The van der Waals surface area contributed by atoms with Crippen LogP contribution in [0.4, 0.5) is 0 Å². The number of rotatable bonds is 11. The van der Waals surface area contributed by atoms with E-state index in [1.54, 1.807) is 0 Å². The molecule has 0 saturated heterocycles. The van der Waals surface area contributed by atoms with Gasteiger partial charge in [0.05, 0.1) is 12.7 Å². The number of aliphatic hydroxyl groups is 1. The lowest BCUT2D eigenvalue weighted by Gasteiger charge is -2.28. The summed E-state index contributed by atoms with van der Waals surface area (Å²) < 4.78 is 5.48. The summed E-state index contributed by atoms with van der Waals surface area (Å²) in [5.41, 5.74) is 5.32. The molecule has 0 aromatic carbocycles. The van der Waals surface area contributed by atoms with Crippen LogP contribution in [0.3, 0.4) is 0 Å². The molecule has 1 amide bonds. The smallest absolute Gasteiger partial charge is 0.220 e. The van der Waals surface area contributed by atoms with Gasteiger partial charge in [0.25, 0.3) is 0 Å². The second-order valence-corrected chi connectivity index (χ2v) is 6.15. The van der Waals surface area contributed by atoms with E-state index in [0.29, 0.717) is 19.2 Å². The SMILES string of the molecule is CCCCCCOCC(O)CNC1CCC(C(N)=O)CC1. The molecule has 0 aliphatic heterocycles. The van der Waals surface area contributed by atoms with E-state index in [0.717, 1.165) is 38.7 Å². The van der Waals surface area contributed by atoms with E-state index < -0.39 is 6.10 Å². The third kappa shape index (κ3) is 8.39. The van der Waals surface area contributed by atoms with Gasteiger partial charge in [-0.05, 0) is 32.1 Å². The van der Waals surface area contributed by atoms with Crippen LogP contribution in [0.15, 0.2) is 0 Å². The molecular weight excluding hydrogens is 268 g/mol. The summed E-state index contributed by atoms with van der Waals surface area (Å²) in [6.45, 7) is 3.88. The Bertz CT molecular complexity index is 279. The highest BCUT2D eigenvalue weighted by Crippen LogP contribution is 2.23. The zero-order valence-electron chi connectivity index (χ0n) is 13.4. The molecule has 21 heavy (non-hydrogen) atoms. The van der Waals surface area contributed by atoms with E-state index in [1.807, 2.05) is 0 Å². The second-order valence-electron chi connectivity index (χ2n) is 6.15. The van der Waals surface area contributed by atoms with E-state index in [2.05, 4.69) is 12.2 Å². The Kier molecular flexibility index (Phi) is 9.63. The summed E-state index contributed by atoms with van der Waals surface area (Å²) >= 11 is 0.